The molecule has 0 saturated heterocycles. The van der Waals surface area contributed by atoms with Crippen LogP contribution in [0.15, 0.2) is 16.9 Å². The second kappa shape index (κ2) is 7.02. The standard InChI is InChI=1S/C22H30N2O3/c1-7-16-13-14(2)12-15(3)17(16)18-19(25)23-10-8-9-11-24(23)20(18)27-21(26)22(4,5)6/h12-13H,7-11H2,1-6H3. The number of carbonyl (C=O) groups is 1. The highest BCUT2D eigenvalue weighted by Crippen LogP contribution is 2.36. The highest BCUT2D eigenvalue weighted by molar-refractivity contribution is 5.82. The van der Waals surface area contributed by atoms with Crippen LogP contribution in [0, 0.1) is 19.3 Å². The molecule has 0 spiro atoms. The molecule has 5 heteroatoms. The number of ether oxygens (including phenoxy) is 1. The van der Waals surface area contributed by atoms with Crippen molar-refractivity contribution in [3.63, 3.8) is 0 Å². The Morgan fingerprint density at radius 1 is 1.07 bits per heavy atom. The molecule has 27 heavy (non-hydrogen) atoms. The third kappa shape index (κ3) is 3.47. The molecule has 3 rings (SSSR count). The monoisotopic (exact) mass is 370 g/mol. The van der Waals surface area contributed by atoms with Crippen molar-refractivity contribution in [3.8, 4) is 17.0 Å². The van der Waals surface area contributed by atoms with Crippen molar-refractivity contribution in [2.24, 2.45) is 5.41 Å². The van der Waals surface area contributed by atoms with Gasteiger partial charge in [0.05, 0.1) is 5.41 Å². The van der Waals surface area contributed by atoms with Crippen LogP contribution < -0.4 is 10.3 Å². The fourth-order valence-electron chi connectivity index (χ4n) is 3.79. The average molecular weight is 370 g/mol. The SMILES string of the molecule is CCc1cc(C)cc(C)c1-c1c(OC(=O)C(C)(C)C)n2n(c1=O)CCCC2. The maximum absolute atomic E-state index is 13.3. The summed E-state index contributed by atoms with van der Waals surface area (Å²) in [6.07, 6.45) is 2.75. The van der Waals surface area contributed by atoms with Crippen LogP contribution >= 0.6 is 0 Å². The van der Waals surface area contributed by atoms with Gasteiger partial charge in [0.25, 0.3) is 5.56 Å². The van der Waals surface area contributed by atoms with E-state index in [1.807, 2.05) is 32.4 Å². The molecular weight excluding hydrogens is 340 g/mol. The minimum absolute atomic E-state index is 0.0620. The summed E-state index contributed by atoms with van der Waals surface area (Å²) in [5.74, 6) is 0.0827. The molecule has 0 unspecified atom stereocenters. The van der Waals surface area contributed by atoms with Gasteiger partial charge in [-0.2, -0.15) is 0 Å². The minimum atomic E-state index is -0.639. The summed E-state index contributed by atoms with van der Waals surface area (Å²) in [6.45, 7) is 13.0. The van der Waals surface area contributed by atoms with Crippen LogP contribution in [-0.4, -0.2) is 15.3 Å². The molecule has 0 amide bonds. The molecular formula is C22H30N2O3. The van der Waals surface area contributed by atoms with Crippen molar-refractivity contribution in [3.05, 3.63) is 39.2 Å². The first-order valence-electron chi connectivity index (χ1n) is 9.81. The van der Waals surface area contributed by atoms with Gasteiger partial charge >= 0.3 is 5.97 Å². The Labute approximate surface area is 160 Å². The molecule has 2 aromatic rings. The smallest absolute Gasteiger partial charge is 0.317 e. The first kappa shape index (κ1) is 19.5. The highest BCUT2D eigenvalue weighted by Gasteiger charge is 2.31. The van der Waals surface area contributed by atoms with E-state index in [9.17, 15) is 9.59 Å². The third-order valence-corrected chi connectivity index (χ3v) is 5.17. The first-order valence-corrected chi connectivity index (χ1v) is 9.81. The predicted octanol–water partition coefficient (Wildman–Crippen LogP) is 4.24. The van der Waals surface area contributed by atoms with Gasteiger partial charge < -0.3 is 4.74 Å². The molecule has 0 radical (unpaired) electrons. The third-order valence-electron chi connectivity index (χ3n) is 5.17. The molecule has 2 heterocycles. The quantitative estimate of drug-likeness (QED) is 0.759. The molecule has 0 aliphatic carbocycles. The van der Waals surface area contributed by atoms with E-state index in [0.29, 0.717) is 24.5 Å². The average Bonchev–Trinajstić information content (AvgIpc) is 2.86. The van der Waals surface area contributed by atoms with Gasteiger partial charge in [-0.05, 0) is 70.6 Å². The topological polar surface area (TPSA) is 53.2 Å². The highest BCUT2D eigenvalue weighted by atomic mass is 16.5. The molecule has 1 aliphatic rings. The van der Waals surface area contributed by atoms with Gasteiger partial charge in [-0.15, -0.1) is 0 Å². The van der Waals surface area contributed by atoms with E-state index < -0.39 is 5.41 Å². The van der Waals surface area contributed by atoms with Gasteiger partial charge in [0.15, 0.2) is 0 Å². The molecule has 0 N–H and O–H groups in total. The molecule has 1 aromatic carbocycles. The van der Waals surface area contributed by atoms with Gasteiger partial charge in [0.1, 0.15) is 5.56 Å². The molecule has 0 atom stereocenters. The summed E-state index contributed by atoms with van der Waals surface area (Å²) in [5, 5.41) is 0. The number of benzene rings is 1. The minimum Gasteiger partial charge on any atom is -0.407 e. The Bertz CT molecular complexity index is 942. The number of esters is 1. The fourth-order valence-corrected chi connectivity index (χ4v) is 3.79. The Morgan fingerprint density at radius 3 is 2.30 bits per heavy atom. The molecule has 1 aromatic heterocycles. The lowest BCUT2D eigenvalue weighted by Gasteiger charge is -2.22. The maximum Gasteiger partial charge on any atom is 0.317 e. The first-order chi connectivity index (χ1) is 12.6. The summed E-state index contributed by atoms with van der Waals surface area (Å²) in [7, 11) is 0. The number of nitrogens with zero attached hydrogens (tertiary/aromatic N) is 2. The summed E-state index contributed by atoms with van der Waals surface area (Å²) < 4.78 is 9.48. The molecule has 1 aliphatic heterocycles. The zero-order valence-corrected chi connectivity index (χ0v) is 17.3. The van der Waals surface area contributed by atoms with Crippen LogP contribution in [0.2, 0.25) is 0 Å². The number of rotatable bonds is 3. The summed E-state index contributed by atoms with van der Waals surface area (Å²) in [6, 6.07) is 4.21. The largest absolute Gasteiger partial charge is 0.407 e. The summed E-state index contributed by atoms with van der Waals surface area (Å²) >= 11 is 0. The van der Waals surface area contributed by atoms with Crippen molar-refractivity contribution in [1.29, 1.82) is 0 Å². The van der Waals surface area contributed by atoms with Crippen molar-refractivity contribution < 1.29 is 9.53 Å². The molecule has 146 valence electrons. The molecule has 0 fully saturated rings. The lowest BCUT2D eigenvalue weighted by Crippen LogP contribution is -2.29. The summed E-state index contributed by atoms with van der Waals surface area (Å²) in [4.78, 5) is 26.0. The van der Waals surface area contributed by atoms with E-state index in [4.69, 9.17) is 4.74 Å². The van der Waals surface area contributed by atoms with Crippen LogP contribution in [0.5, 0.6) is 5.88 Å². The van der Waals surface area contributed by atoms with E-state index in [2.05, 4.69) is 26.0 Å². The fraction of sp³-hybridized carbons (Fsp3) is 0.545. The van der Waals surface area contributed by atoms with Gasteiger partial charge in [-0.3, -0.25) is 14.3 Å². The Hall–Kier alpha value is -2.30. The van der Waals surface area contributed by atoms with E-state index in [-0.39, 0.29) is 11.5 Å². The molecule has 0 saturated carbocycles. The Morgan fingerprint density at radius 2 is 1.70 bits per heavy atom. The zero-order chi connectivity index (χ0) is 19.9. The van der Waals surface area contributed by atoms with Crippen molar-refractivity contribution >= 4 is 5.97 Å². The molecule has 5 nitrogen and oxygen atoms in total. The lowest BCUT2D eigenvalue weighted by atomic mass is 9.93. The van der Waals surface area contributed by atoms with Crippen LogP contribution in [0.1, 0.15) is 57.2 Å². The van der Waals surface area contributed by atoms with Crippen LogP contribution in [-0.2, 0) is 24.3 Å². The Kier molecular flexibility index (Phi) is 5.06. The van der Waals surface area contributed by atoms with Gasteiger partial charge in [-0.1, -0.05) is 24.6 Å². The number of carbonyl (C=O) groups excluding carboxylic acids is 1. The summed E-state index contributed by atoms with van der Waals surface area (Å²) in [5.41, 5.74) is 4.07. The number of aryl methyl sites for hydroxylation is 3. The van der Waals surface area contributed by atoms with Crippen molar-refractivity contribution in [2.45, 2.75) is 73.9 Å². The zero-order valence-electron chi connectivity index (χ0n) is 17.3. The van der Waals surface area contributed by atoms with Crippen molar-refractivity contribution in [1.82, 2.24) is 9.36 Å². The van der Waals surface area contributed by atoms with E-state index >= 15 is 0 Å². The predicted molar refractivity (Wildman–Crippen MR) is 107 cm³/mol. The Balaban J connectivity index is 2.29. The second-order valence-corrected chi connectivity index (χ2v) is 8.55. The number of hydrogen-bond donors (Lipinski definition) is 0. The normalized spacial score (nSPS) is 14.1. The van der Waals surface area contributed by atoms with Crippen molar-refractivity contribution in [2.75, 3.05) is 0 Å². The maximum atomic E-state index is 13.3. The van der Waals surface area contributed by atoms with Crippen LogP contribution in [0.3, 0.4) is 0 Å². The van der Waals surface area contributed by atoms with E-state index in [1.54, 1.807) is 4.68 Å². The van der Waals surface area contributed by atoms with Gasteiger partial charge in [0.2, 0.25) is 5.88 Å². The van der Waals surface area contributed by atoms with Crippen LogP contribution in [0.25, 0.3) is 11.1 Å². The second-order valence-electron chi connectivity index (χ2n) is 8.55. The van der Waals surface area contributed by atoms with Gasteiger partial charge in [-0.25, -0.2) is 4.68 Å². The van der Waals surface area contributed by atoms with Crippen LogP contribution in [0.4, 0.5) is 0 Å². The molecule has 0 bridgehead atoms. The van der Waals surface area contributed by atoms with Gasteiger partial charge in [0, 0.05) is 13.1 Å². The van der Waals surface area contributed by atoms with E-state index in [1.165, 1.54) is 5.56 Å². The number of fused-ring (bicyclic) bond motifs is 1. The number of hydrogen-bond acceptors (Lipinski definition) is 3. The number of aromatic nitrogens is 2. The lowest BCUT2D eigenvalue weighted by molar-refractivity contribution is -0.143. The van der Waals surface area contributed by atoms with E-state index in [0.717, 1.165) is 36.0 Å².